The minimum Gasteiger partial charge on any atom is -0.466 e. The number of hydrogen-bond donors (Lipinski definition) is 2. The number of nitrogens with zero attached hydrogens (tertiary/aromatic N) is 2. The van der Waals surface area contributed by atoms with E-state index in [1.807, 2.05) is 0 Å². The molecule has 0 spiro atoms. The molecule has 1 heterocycles. The van der Waals surface area contributed by atoms with E-state index in [4.69, 9.17) is 9.84 Å². The molecule has 20 heavy (non-hydrogen) atoms. The number of esters is 1. The van der Waals surface area contributed by atoms with Gasteiger partial charge in [-0.05, 0) is 29.3 Å². The van der Waals surface area contributed by atoms with E-state index in [0.29, 0.717) is 36.2 Å². The molecule has 7 nitrogen and oxygen atoms in total. The van der Waals surface area contributed by atoms with Crippen LogP contribution in [-0.2, 0) is 16.1 Å². The zero-order valence-corrected chi connectivity index (χ0v) is 12.9. The summed E-state index contributed by atoms with van der Waals surface area (Å²) in [4.78, 5) is 23.0. The third-order valence-corrected chi connectivity index (χ3v) is 3.24. The standard InChI is InChI=1S/C12H18BrN3O4/c1-2-20-10(18)4-3-5-14-9-8-15-16(6-7-17)12(19)11(9)13/h8,14,17H,2-7H2,1H3. The van der Waals surface area contributed by atoms with E-state index in [0.717, 1.165) is 0 Å². The Morgan fingerprint density at radius 1 is 1.60 bits per heavy atom. The molecule has 0 bridgehead atoms. The van der Waals surface area contributed by atoms with Gasteiger partial charge in [0.25, 0.3) is 5.56 Å². The van der Waals surface area contributed by atoms with Crippen LogP contribution in [0.3, 0.4) is 0 Å². The minimum absolute atomic E-state index is 0.147. The number of ether oxygens (including phenoxy) is 1. The first kappa shape index (κ1) is 16.6. The number of anilines is 1. The molecule has 0 amide bonds. The Morgan fingerprint density at radius 3 is 3.00 bits per heavy atom. The van der Waals surface area contributed by atoms with Gasteiger partial charge in [-0.1, -0.05) is 0 Å². The molecule has 8 heteroatoms. The lowest BCUT2D eigenvalue weighted by molar-refractivity contribution is -0.143. The van der Waals surface area contributed by atoms with Gasteiger partial charge in [0.05, 0.1) is 31.6 Å². The molecule has 0 aromatic carbocycles. The van der Waals surface area contributed by atoms with E-state index < -0.39 is 0 Å². The van der Waals surface area contributed by atoms with Crippen molar-refractivity contribution in [2.24, 2.45) is 0 Å². The molecule has 0 aliphatic carbocycles. The highest BCUT2D eigenvalue weighted by molar-refractivity contribution is 9.10. The van der Waals surface area contributed by atoms with Gasteiger partial charge in [-0.3, -0.25) is 9.59 Å². The monoisotopic (exact) mass is 347 g/mol. The van der Waals surface area contributed by atoms with Crippen LogP contribution in [0.15, 0.2) is 15.5 Å². The number of rotatable bonds is 8. The number of aliphatic hydroxyl groups excluding tert-OH is 1. The molecule has 2 N–H and O–H groups in total. The van der Waals surface area contributed by atoms with Gasteiger partial charge >= 0.3 is 5.97 Å². The van der Waals surface area contributed by atoms with Crippen LogP contribution in [-0.4, -0.2) is 40.6 Å². The predicted octanol–water partition coefficient (Wildman–Crippen LogP) is 0.753. The van der Waals surface area contributed by atoms with Gasteiger partial charge in [0.1, 0.15) is 4.47 Å². The van der Waals surface area contributed by atoms with Gasteiger partial charge in [0, 0.05) is 13.0 Å². The second-order valence-electron chi connectivity index (χ2n) is 3.96. The lowest BCUT2D eigenvalue weighted by Crippen LogP contribution is -2.26. The number of hydrogen-bond acceptors (Lipinski definition) is 6. The largest absolute Gasteiger partial charge is 0.466 e. The summed E-state index contributed by atoms with van der Waals surface area (Å²) in [6, 6.07) is 0. The molecule has 0 unspecified atom stereocenters. The number of carbonyl (C=O) groups excluding carboxylic acids is 1. The number of halogens is 1. The summed E-state index contributed by atoms with van der Waals surface area (Å²) >= 11 is 3.20. The van der Waals surface area contributed by atoms with Gasteiger partial charge < -0.3 is 15.2 Å². The third-order valence-electron chi connectivity index (χ3n) is 2.48. The zero-order chi connectivity index (χ0) is 15.0. The summed E-state index contributed by atoms with van der Waals surface area (Å²) in [7, 11) is 0. The number of aromatic nitrogens is 2. The SMILES string of the molecule is CCOC(=O)CCCNc1cnn(CCO)c(=O)c1Br. The average molecular weight is 348 g/mol. The number of carbonyl (C=O) groups is 1. The molecule has 112 valence electrons. The highest BCUT2D eigenvalue weighted by Gasteiger charge is 2.08. The Morgan fingerprint density at radius 2 is 2.35 bits per heavy atom. The molecular weight excluding hydrogens is 330 g/mol. The molecule has 0 radical (unpaired) electrons. The van der Waals surface area contributed by atoms with Crippen LogP contribution in [0, 0.1) is 0 Å². The van der Waals surface area contributed by atoms with E-state index in [1.165, 1.54) is 10.9 Å². The molecular formula is C12H18BrN3O4. The Hall–Kier alpha value is -1.41. The van der Waals surface area contributed by atoms with Crippen molar-refractivity contribution >= 4 is 27.6 Å². The van der Waals surface area contributed by atoms with Crippen LogP contribution in [0.2, 0.25) is 0 Å². The van der Waals surface area contributed by atoms with Crippen LogP contribution in [0.1, 0.15) is 19.8 Å². The molecule has 1 aromatic rings. The Labute approximate surface area is 125 Å². The molecule has 0 aliphatic heterocycles. The van der Waals surface area contributed by atoms with Crippen molar-refractivity contribution in [2.45, 2.75) is 26.3 Å². The molecule has 1 rings (SSSR count). The summed E-state index contributed by atoms with van der Waals surface area (Å²) in [5, 5.41) is 15.8. The third kappa shape index (κ3) is 4.93. The quantitative estimate of drug-likeness (QED) is 0.532. The highest BCUT2D eigenvalue weighted by Crippen LogP contribution is 2.16. The molecule has 0 aliphatic rings. The summed E-state index contributed by atoms with van der Waals surface area (Å²) in [5.41, 5.74) is 0.252. The smallest absolute Gasteiger partial charge is 0.305 e. The van der Waals surface area contributed by atoms with Crippen molar-refractivity contribution in [3.05, 3.63) is 21.0 Å². The Bertz CT molecular complexity index is 504. The maximum absolute atomic E-state index is 11.8. The van der Waals surface area contributed by atoms with E-state index in [2.05, 4.69) is 26.3 Å². The van der Waals surface area contributed by atoms with Crippen LogP contribution in [0.25, 0.3) is 0 Å². The molecule has 0 atom stereocenters. The van der Waals surface area contributed by atoms with Gasteiger partial charge in [-0.25, -0.2) is 4.68 Å². The highest BCUT2D eigenvalue weighted by atomic mass is 79.9. The van der Waals surface area contributed by atoms with E-state index in [1.54, 1.807) is 6.92 Å². The first-order chi connectivity index (χ1) is 9.60. The fourth-order valence-corrected chi connectivity index (χ4v) is 1.98. The first-order valence-corrected chi connectivity index (χ1v) is 7.15. The fraction of sp³-hybridized carbons (Fsp3) is 0.583. The van der Waals surface area contributed by atoms with Crippen molar-refractivity contribution in [3.63, 3.8) is 0 Å². The van der Waals surface area contributed by atoms with Crippen LogP contribution < -0.4 is 10.9 Å². The maximum atomic E-state index is 11.8. The Kier molecular flexibility index (Phi) is 7.24. The predicted molar refractivity (Wildman–Crippen MR) is 77.6 cm³/mol. The van der Waals surface area contributed by atoms with Gasteiger partial charge in [0.15, 0.2) is 0 Å². The van der Waals surface area contributed by atoms with Gasteiger partial charge in [0.2, 0.25) is 0 Å². The maximum Gasteiger partial charge on any atom is 0.305 e. The zero-order valence-electron chi connectivity index (χ0n) is 11.3. The number of aliphatic hydroxyl groups is 1. The molecule has 0 saturated carbocycles. The first-order valence-electron chi connectivity index (χ1n) is 6.36. The van der Waals surface area contributed by atoms with Crippen LogP contribution in [0.5, 0.6) is 0 Å². The normalized spacial score (nSPS) is 10.3. The summed E-state index contributed by atoms with van der Waals surface area (Å²) in [6.07, 6.45) is 2.43. The van der Waals surface area contributed by atoms with Gasteiger partial charge in [-0.15, -0.1) is 0 Å². The van der Waals surface area contributed by atoms with Crippen molar-refractivity contribution in [2.75, 3.05) is 25.1 Å². The molecule has 1 aromatic heterocycles. The van der Waals surface area contributed by atoms with E-state index in [-0.39, 0.29) is 24.7 Å². The van der Waals surface area contributed by atoms with Crippen LogP contribution in [0.4, 0.5) is 5.69 Å². The lowest BCUT2D eigenvalue weighted by atomic mass is 10.3. The topological polar surface area (TPSA) is 93.4 Å². The summed E-state index contributed by atoms with van der Waals surface area (Å²) < 4.78 is 6.35. The van der Waals surface area contributed by atoms with Crippen molar-refractivity contribution in [3.8, 4) is 0 Å². The minimum atomic E-state index is -0.311. The van der Waals surface area contributed by atoms with Crippen molar-refractivity contribution in [1.29, 1.82) is 0 Å². The summed E-state index contributed by atoms with van der Waals surface area (Å²) in [6.45, 7) is 2.68. The molecule has 0 fully saturated rings. The van der Waals surface area contributed by atoms with E-state index >= 15 is 0 Å². The molecule has 0 saturated heterocycles. The van der Waals surface area contributed by atoms with E-state index in [9.17, 15) is 9.59 Å². The average Bonchev–Trinajstić information content (AvgIpc) is 2.42. The second-order valence-corrected chi connectivity index (χ2v) is 4.75. The number of nitrogens with one attached hydrogen (secondary N) is 1. The lowest BCUT2D eigenvalue weighted by Gasteiger charge is -2.09. The van der Waals surface area contributed by atoms with Gasteiger partial charge in [-0.2, -0.15) is 5.10 Å². The van der Waals surface area contributed by atoms with Crippen molar-refractivity contribution < 1.29 is 14.6 Å². The second kappa shape index (κ2) is 8.70. The van der Waals surface area contributed by atoms with Crippen LogP contribution >= 0.6 is 15.9 Å². The Balaban J connectivity index is 2.51. The van der Waals surface area contributed by atoms with Crippen molar-refractivity contribution in [1.82, 2.24) is 9.78 Å². The summed E-state index contributed by atoms with van der Waals surface area (Å²) in [5.74, 6) is -0.232. The fourth-order valence-electron chi connectivity index (χ4n) is 1.53.